The third-order valence-corrected chi connectivity index (χ3v) is 5.40. The van der Waals surface area contributed by atoms with Crippen LogP contribution >= 0.6 is 0 Å². The Balaban J connectivity index is 2.16. The molecule has 1 aromatic carbocycles. The van der Waals surface area contributed by atoms with E-state index in [2.05, 4.69) is 26.8 Å². The van der Waals surface area contributed by atoms with E-state index in [1.807, 2.05) is 12.1 Å². The molecule has 3 rings (SSSR count). The molecule has 1 heteroatoms. The first-order chi connectivity index (χ1) is 7.95. The second-order valence-electron chi connectivity index (χ2n) is 6.82. The maximum Gasteiger partial charge on any atom is 0.119 e. The highest BCUT2D eigenvalue weighted by Crippen LogP contribution is 2.59. The van der Waals surface area contributed by atoms with Crippen LogP contribution in [0, 0.1) is 11.3 Å². The third-order valence-electron chi connectivity index (χ3n) is 5.40. The van der Waals surface area contributed by atoms with Crippen LogP contribution in [0.5, 0.6) is 5.75 Å². The maximum absolute atomic E-state index is 10.1. The lowest BCUT2D eigenvalue weighted by atomic mass is 9.57. The van der Waals surface area contributed by atoms with E-state index >= 15 is 0 Å². The van der Waals surface area contributed by atoms with Crippen LogP contribution < -0.4 is 0 Å². The molecule has 2 aliphatic rings. The van der Waals surface area contributed by atoms with Gasteiger partial charge in [-0.2, -0.15) is 0 Å². The Morgan fingerprint density at radius 3 is 2.71 bits per heavy atom. The summed E-state index contributed by atoms with van der Waals surface area (Å²) in [7, 11) is 0. The zero-order valence-corrected chi connectivity index (χ0v) is 11.1. The number of aromatic hydroxyl groups is 1. The highest BCUT2D eigenvalue weighted by Gasteiger charge is 2.52. The Kier molecular flexibility index (Phi) is 2.14. The zero-order chi connectivity index (χ0) is 12.3. The van der Waals surface area contributed by atoms with Gasteiger partial charge >= 0.3 is 0 Å². The van der Waals surface area contributed by atoms with Crippen molar-refractivity contribution in [2.24, 2.45) is 11.3 Å². The third kappa shape index (κ3) is 1.38. The predicted molar refractivity (Wildman–Crippen MR) is 70.3 cm³/mol. The van der Waals surface area contributed by atoms with Gasteiger partial charge in [-0.3, -0.25) is 0 Å². The highest BCUT2D eigenvalue weighted by molar-refractivity contribution is 5.49. The first-order valence-corrected chi connectivity index (χ1v) is 6.76. The van der Waals surface area contributed by atoms with Crippen molar-refractivity contribution in [3.63, 3.8) is 0 Å². The van der Waals surface area contributed by atoms with Gasteiger partial charge in [0, 0.05) is 0 Å². The van der Waals surface area contributed by atoms with Crippen LogP contribution in [0.25, 0.3) is 0 Å². The van der Waals surface area contributed by atoms with E-state index < -0.39 is 0 Å². The minimum Gasteiger partial charge on any atom is -0.508 e. The predicted octanol–water partition coefficient (Wildman–Crippen LogP) is 4.03. The smallest absolute Gasteiger partial charge is 0.119 e. The van der Waals surface area contributed by atoms with Crippen LogP contribution in [0.4, 0.5) is 0 Å². The van der Waals surface area contributed by atoms with Crippen molar-refractivity contribution in [2.45, 2.75) is 51.9 Å². The molecule has 0 radical (unpaired) electrons. The van der Waals surface area contributed by atoms with Gasteiger partial charge in [-0.05, 0) is 53.2 Å². The van der Waals surface area contributed by atoms with Gasteiger partial charge in [-0.15, -0.1) is 0 Å². The van der Waals surface area contributed by atoms with E-state index in [4.69, 9.17) is 0 Å². The summed E-state index contributed by atoms with van der Waals surface area (Å²) >= 11 is 0. The van der Waals surface area contributed by atoms with Gasteiger partial charge in [-0.25, -0.2) is 0 Å². The molecule has 2 aliphatic carbocycles. The second kappa shape index (κ2) is 3.28. The molecule has 0 heterocycles. The number of phenolic OH excluding ortho intramolecular Hbond substituents is 1. The summed E-state index contributed by atoms with van der Waals surface area (Å²) in [5.41, 5.74) is 3.32. The second-order valence-corrected chi connectivity index (χ2v) is 6.82. The molecular weight excluding hydrogens is 208 g/mol. The summed E-state index contributed by atoms with van der Waals surface area (Å²) in [5.74, 6) is 1.20. The summed E-state index contributed by atoms with van der Waals surface area (Å²) in [5, 5.41) is 10.1. The van der Waals surface area contributed by atoms with E-state index in [0.717, 1.165) is 6.42 Å². The first kappa shape index (κ1) is 11.1. The number of fused-ring (bicyclic) bond motifs is 3. The van der Waals surface area contributed by atoms with Gasteiger partial charge in [0.1, 0.15) is 5.75 Å². The van der Waals surface area contributed by atoms with Gasteiger partial charge in [0.15, 0.2) is 0 Å². The van der Waals surface area contributed by atoms with Crippen LogP contribution in [0.1, 0.15) is 51.2 Å². The number of hydrogen-bond donors (Lipinski definition) is 1. The van der Waals surface area contributed by atoms with Gasteiger partial charge in [0.05, 0.1) is 0 Å². The summed E-state index contributed by atoms with van der Waals surface area (Å²) < 4.78 is 0. The monoisotopic (exact) mass is 230 g/mol. The minimum atomic E-state index is 0.288. The molecule has 1 N–H and O–H groups in total. The molecule has 2 atom stereocenters. The first-order valence-electron chi connectivity index (χ1n) is 6.76. The summed E-state index contributed by atoms with van der Waals surface area (Å²) in [4.78, 5) is 0. The Morgan fingerprint density at radius 2 is 1.94 bits per heavy atom. The van der Waals surface area contributed by atoms with E-state index in [-0.39, 0.29) is 5.41 Å². The lowest BCUT2D eigenvalue weighted by Crippen LogP contribution is -2.42. The van der Waals surface area contributed by atoms with Crippen LogP contribution in [0.2, 0.25) is 0 Å². The van der Waals surface area contributed by atoms with Crippen LogP contribution in [-0.4, -0.2) is 5.11 Å². The fourth-order valence-electron chi connectivity index (χ4n) is 4.47. The van der Waals surface area contributed by atoms with Crippen LogP contribution in [0.15, 0.2) is 18.2 Å². The lowest BCUT2D eigenvalue weighted by molar-refractivity contribution is 0.0701. The molecule has 0 spiro atoms. The van der Waals surface area contributed by atoms with Crippen molar-refractivity contribution in [2.75, 3.05) is 0 Å². The SMILES string of the molecule is CC1(C)CCC[C@]2(C)c3cccc(O)c3C[C@@H]12. The standard InChI is InChI=1S/C16H22O/c1-15(2)8-5-9-16(3)12-6-4-7-13(17)11(12)10-14(15)16/h4,6-7,14,17H,5,8-10H2,1-3H3/t14-,16+/m0/s1. The minimum absolute atomic E-state index is 0.288. The van der Waals surface area contributed by atoms with Crippen molar-refractivity contribution < 1.29 is 5.11 Å². The topological polar surface area (TPSA) is 20.2 Å². The van der Waals surface area contributed by atoms with Crippen molar-refractivity contribution >= 4 is 0 Å². The number of rotatable bonds is 0. The molecule has 0 saturated heterocycles. The molecule has 0 aliphatic heterocycles. The van der Waals surface area contributed by atoms with E-state index in [9.17, 15) is 5.11 Å². The molecule has 1 saturated carbocycles. The molecule has 1 aromatic rings. The Bertz CT molecular complexity index is 461. The molecule has 0 bridgehead atoms. The molecule has 1 nitrogen and oxygen atoms in total. The van der Waals surface area contributed by atoms with E-state index in [0.29, 0.717) is 17.1 Å². The maximum atomic E-state index is 10.1. The zero-order valence-electron chi connectivity index (χ0n) is 11.1. The average Bonchev–Trinajstić information content (AvgIpc) is 2.55. The Labute approximate surface area is 104 Å². The van der Waals surface area contributed by atoms with Gasteiger partial charge in [0.25, 0.3) is 0 Å². The van der Waals surface area contributed by atoms with E-state index in [1.54, 1.807) is 0 Å². The molecule has 0 amide bonds. The number of hydrogen-bond acceptors (Lipinski definition) is 1. The molecule has 92 valence electrons. The number of benzene rings is 1. The molecule has 1 fully saturated rings. The summed E-state index contributed by atoms with van der Waals surface area (Å²) in [6, 6.07) is 6.08. The van der Waals surface area contributed by atoms with Gasteiger partial charge in [0.2, 0.25) is 0 Å². The molecule has 17 heavy (non-hydrogen) atoms. The van der Waals surface area contributed by atoms with E-state index in [1.165, 1.54) is 30.4 Å². The lowest BCUT2D eigenvalue weighted by Gasteiger charge is -2.47. The largest absolute Gasteiger partial charge is 0.508 e. The van der Waals surface area contributed by atoms with Gasteiger partial charge < -0.3 is 5.11 Å². The van der Waals surface area contributed by atoms with Crippen molar-refractivity contribution in [3.05, 3.63) is 29.3 Å². The summed E-state index contributed by atoms with van der Waals surface area (Å²) in [6.45, 7) is 7.21. The summed E-state index contributed by atoms with van der Waals surface area (Å²) in [6.07, 6.45) is 4.97. The average molecular weight is 230 g/mol. The van der Waals surface area contributed by atoms with Crippen LogP contribution in [0.3, 0.4) is 0 Å². The number of phenols is 1. The fraction of sp³-hybridized carbons (Fsp3) is 0.625. The normalized spacial score (nSPS) is 34.2. The van der Waals surface area contributed by atoms with Crippen molar-refractivity contribution in [1.82, 2.24) is 0 Å². The van der Waals surface area contributed by atoms with Crippen molar-refractivity contribution in [3.8, 4) is 5.75 Å². The molecular formula is C16H22O. The Hall–Kier alpha value is -0.980. The van der Waals surface area contributed by atoms with Gasteiger partial charge in [-0.1, -0.05) is 39.3 Å². The quantitative estimate of drug-likeness (QED) is 0.713. The molecule has 0 aromatic heterocycles. The van der Waals surface area contributed by atoms with Crippen molar-refractivity contribution in [1.29, 1.82) is 0 Å². The molecule has 0 unspecified atom stereocenters. The fourth-order valence-corrected chi connectivity index (χ4v) is 4.47. The highest BCUT2D eigenvalue weighted by atomic mass is 16.3. The van der Waals surface area contributed by atoms with Crippen LogP contribution in [-0.2, 0) is 11.8 Å². The Morgan fingerprint density at radius 1 is 1.18 bits per heavy atom.